The quantitative estimate of drug-likeness (QED) is 0.445. The monoisotopic (exact) mass is 432 g/mol. The lowest BCUT2D eigenvalue weighted by Crippen LogP contribution is -2.49. The van der Waals surface area contributed by atoms with E-state index in [1.807, 2.05) is 45.2 Å². The van der Waals surface area contributed by atoms with E-state index < -0.39 is 0 Å². The van der Waals surface area contributed by atoms with Crippen molar-refractivity contribution in [1.29, 1.82) is 0 Å². The summed E-state index contributed by atoms with van der Waals surface area (Å²) in [4.78, 5) is 30.1. The van der Waals surface area contributed by atoms with Gasteiger partial charge in [0, 0.05) is 40.8 Å². The maximum atomic E-state index is 13.4. The van der Waals surface area contributed by atoms with Gasteiger partial charge < -0.3 is 9.47 Å². The fraction of sp³-hybridized carbons (Fsp3) is 0.250. The zero-order valence-corrected chi connectivity index (χ0v) is 17.9. The van der Waals surface area contributed by atoms with E-state index in [0.717, 1.165) is 34.0 Å². The number of nitrogens with zero attached hydrogens (tertiary/aromatic N) is 2. The van der Waals surface area contributed by atoms with Crippen LogP contribution in [0.3, 0.4) is 0 Å². The normalized spacial score (nSPS) is 20.3. The topological polar surface area (TPSA) is 42.3 Å². The van der Waals surface area contributed by atoms with Crippen LogP contribution >= 0.6 is 22.7 Å². The SMILES string of the molecule is O=C(c1cccs1)N1CC2CC(C1)c1ccc(-c3cc4ccccc4s3)c(=O)n1C2. The Balaban J connectivity index is 1.36. The molecular formula is C24H20N2O2S2. The maximum Gasteiger partial charge on any atom is 0.263 e. The van der Waals surface area contributed by atoms with Crippen LogP contribution in [-0.4, -0.2) is 28.5 Å². The molecule has 5 heterocycles. The molecule has 4 aromatic rings. The summed E-state index contributed by atoms with van der Waals surface area (Å²) < 4.78 is 3.18. The Hall–Kier alpha value is -2.70. The highest BCUT2D eigenvalue weighted by atomic mass is 32.1. The number of hydrogen-bond acceptors (Lipinski definition) is 4. The van der Waals surface area contributed by atoms with Crippen LogP contribution in [0, 0.1) is 5.92 Å². The predicted molar refractivity (Wildman–Crippen MR) is 123 cm³/mol. The lowest BCUT2D eigenvalue weighted by molar-refractivity contribution is 0.0599. The minimum absolute atomic E-state index is 0.104. The minimum atomic E-state index is 0.104. The Morgan fingerprint density at radius 2 is 1.90 bits per heavy atom. The summed E-state index contributed by atoms with van der Waals surface area (Å²) in [7, 11) is 0. The summed E-state index contributed by atoms with van der Waals surface area (Å²) in [5, 5.41) is 3.13. The van der Waals surface area contributed by atoms with Gasteiger partial charge in [0.25, 0.3) is 11.5 Å². The molecule has 2 bridgehead atoms. The van der Waals surface area contributed by atoms with Gasteiger partial charge in [-0.2, -0.15) is 0 Å². The lowest BCUT2D eigenvalue weighted by atomic mass is 9.83. The molecule has 6 heteroatoms. The van der Waals surface area contributed by atoms with E-state index in [-0.39, 0.29) is 17.4 Å². The van der Waals surface area contributed by atoms with Crippen molar-refractivity contribution in [3.63, 3.8) is 0 Å². The van der Waals surface area contributed by atoms with Crippen molar-refractivity contribution >= 4 is 38.7 Å². The average Bonchev–Trinajstić information content (AvgIpc) is 3.44. The smallest absolute Gasteiger partial charge is 0.263 e. The number of pyridine rings is 1. The van der Waals surface area contributed by atoms with Crippen molar-refractivity contribution in [2.24, 2.45) is 5.92 Å². The first-order valence-electron chi connectivity index (χ1n) is 10.2. The summed E-state index contributed by atoms with van der Waals surface area (Å²) >= 11 is 3.17. The fourth-order valence-electron chi connectivity index (χ4n) is 4.97. The molecule has 1 saturated heterocycles. The van der Waals surface area contributed by atoms with Gasteiger partial charge in [-0.05, 0) is 53.4 Å². The number of rotatable bonds is 2. The lowest BCUT2D eigenvalue weighted by Gasteiger charge is -2.42. The number of carbonyl (C=O) groups is 1. The van der Waals surface area contributed by atoms with E-state index in [2.05, 4.69) is 24.3 Å². The zero-order chi connectivity index (χ0) is 20.2. The Kier molecular flexibility index (Phi) is 4.18. The number of aromatic nitrogens is 1. The van der Waals surface area contributed by atoms with Crippen LogP contribution in [0.1, 0.15) is 27.7 Å². The number of amides is 1. The second-order valence-electron chi connectivity index (χ2n) is 8.22. The van der Waals surface area contributed by atoms with Crippen molar-refractivity contribution in [1.82, 2.24) is 9.47 Å². The molecule has 0 aliphatic carbocycles. The predicted octanol–water partition coefficient (Wildman–Crippen LogP) is 5.05. The highest BCUT2D eigenvalue weighted by Gasteiger charge is 2.37. The van der Waals surface area contributed by atoms with Gasteiger partial charge in [-0.15, -0.1) is 22.7 Å². The van der Waals surface area contributed by atoms with Crippen molar-refractivity contribution in [3.05, 3.63) is 80.9 Å². The third-order valence-electron chi connectivity index (χ3n) is 6.31. The first-order valence-corrected chi connectivity index (χ1v) is 11.9. The maximum absolute atomic E-state index is 13.4. The third kappa shape index (κ3) is 2.86. The Morgan fingerprint density at radius 1 is 1.00 bits per heavy atom. The second kappa shape index (κ2) is 6.93. The number of piperidine rings is 1. The first-order chi connectivity index (χ1) is 14.7. The number of fused-ring (bicyclic) bond motifs is 5. The summed E-state index contributed by atoms with van der Waals surface area (Å²) in [6, 6.07) is 18.3. The fourth-order valence-corrected chi connectivity index (χ4v) is 6.74. The zero-order valence-electron chi connectivity index (χ0n) is 16.3. The molecule has 6 rings (SSSR count). The number of likely N-dealkylation sites (tertiary alicyclic amines) is 1. The van der Waals surface area contributed by atoms with Crippen LogP contribution < -0.4 is 5.56 Å². The number of hydrogen-bond donors (Lipinski definition) is 0. The number of benzene rings is 1. The molecule has 0 radical (unpaired) electrons. The van der Waals surface area contributed by atoms with E-state index in [0.29, 0.717) is 19.0 Å². The van der Waals surface area contributed by atoms with Gasteiger partial charge in [-0.1, -0.05) is 24.3 Å². The average molecular weight is 433 g/mol. The van der Waals surface area contributed by atoms with Crippen LogP contribution in [0.25, 0.3) is 20.5 Å². The highest BCUT2D eigenvalue weighted by molar-refractivity contribution is 7.22. The van der Waals surface area contributed by atoms with Gasteiger partial charge in [-0.25, -0.2) is 0 Å². The van der Waals surface area contributed by atoms with E-state index in [1.54, 1.807) is 11.3 Å². The van der Waals surface area contributed by atoms with Gasteiger partial charge in [0.1, 0.15) is 0 Å². The number of thiophene rings is 2. The van der Waals surface area contributed by atoms with Crippen molar-refractivity contribution in [2.75, 3.05) is 13.1 Å². The molecule has 2 aliphatic heterocycles. The van der Waals surface area contributed by atoms with Gasteiger partial charge in [0.2, 0.25) is 0 Å². The van der Waals surface area contributed by atoms with Crippen LogP contribution in [-0.2, 0) is 6.54 Å². The van der Waals surface area contributed by atoms with Gasteiger partial charge in [0.05, 0.1) is 10.4 Å². The summed E-state index contributed by atoms with van der Waals surface area (Å²) in [5.41, 5.74) is 1.96. The molecule has 2 atom stereocenters. The minimum Gasteiger partial charge on any atom is -0.337 e. The molecule has 1 amide bonds. The van der Waals surface area contributed by atoms with Crippen LogP contribution in [0.15, 0.2) is 64.8 Å². The van der Waals surface area contributed by atoms with Gasteiger partial charge >= 0.3 is 0 Å². The molecular weight excluding hydrogens is 412 g/mol. The van der Waals surface area contributed by atoms with Crippen molar-refractivity contribution in [3.8, 4) is 10.4 Å². The van der Waals surface area contributed by atoms with E-state index in [1.165, 1.54) is 21.4 Å². The molecule has 0 saturated carbocycles. The third-order valence-corrected chi connectivity index (χ3v) is 8.32. The van der Waals surface area contributed by atoms with E-state index in [9.17, 15) is 9.59 Å². The number of carbonyl (C=O) groups excluding carboxylic acids is 1. The highest BCUT2D eigenvalue weighted by Crippen LogP contribution is 2.38. The molecule has 150 valence electrons. The Morgan fingerprint density at radius 3 is 2.73 bits per heavy atom. The van der Waals surface area contributed by atoms with E-state index in [4.69, 9.17) is 0 Å². The largest absolute Gasteiger partial charge is 0.337 e. The Bertz CT molecular complexity index is 1290. The summed E-state index contributed by atoms with van der Waals surface area (Å²) in [6.07, 6.45) is 1.05. The van der Waals surface area contributed by atoms with Gasteiger partial charge in [-0.3, -0.25) is 9.59 Å². The van der Waals surface area contributed by atoms with Crippen molar-refractivity contribution < 1.29 is 4.79 Å². The molecule has 2 aliphatic rings. The summed E-state index contributed by atoms with van der Waals surface area (Å²) in [6.45, 7) is 2.11. The standard InChI is InChI=1S/C24H20N2O2S2/c27-23-18(22-11-16-4-1-2-5-20(16)30-22)7-8-19-17-10-15(13-26(19)23)12-25(14-17)24(28)21-6-3-9-29-21/h1-9,11,15,17H,10,12-14H2. The van der Waals surface area contributed by atoms with E-state index >= 15 is 0 Å². The van der Waals surface area contributed by atoms with Crippen LogP contribution in [0.2, 0.25) is 0 Å². The molecule has 2 unspecified atom stereocenters. The second-order valence-corrected chi connectivity index (χ2v) is 10.3. The molecule has 4 nitrogen and oxygen atoms in total. The molecule has 3 aromatic heterocycles. The first kappa shape index (κ1) is 18.1. The molecule has 30 heavy (non-hydrogen) atoms. The molecule has 0 spiro atoms. The molecule has 0 N–H and O–H groups in total. The molecule has 1 fully saturated rings. The van der Waals surface area contributed by atoms with Crippen LogP contribution in [0.5, 0.6) is 0 Å². The van der Waals surface area contributed by atoms with Gasteiger partial charge in [0.15, 0.2) is 0 Å². The molecule has 1 aromatic carbocycles. The van der Waals surface area contributed by atoms with Crippen LogP contribution in [0.4, 0.5) is 0 Å². The Labute approximate surface area is 182 Å². The van der Waals surface area contributed by atoms with Crippen molar-refractivity contribution in [2.45, 2.75) is 18.9 Å². The summed E-state index contributed by atoms with van der Waals surface area (Å²) in [5.74, 6) is 0.679.